The van der Waals surface area contributed by atoms with Crippen molar-refractivity contribution in [1.82, 2.24) is 15.1 Å². The fourth-order valence-corrected chi connectivity index (χ4v) is 2.67. The number of rotatable bonds is 4. The molecular weight excluding hydrogens is 262 g/mol. The number of amides is 1. The standard InChI is InChI=1S/C12H19N5OS/c1-2-17-10(11(13)18)9(7-14-17)16-12(19)15-8-5-3-4-6-8/h7-8H,2-6H2,1H3,(H2,13,18)(H2,15,16,19). The van der Waals surface area contributed by atoms with Crippen LogP contribution in [-0.4, -0.2) is 26.8 Å². The van der Waals surface area contributed by atoms with Crippen LogP contribution in [0.15, 0.2) is 6.20 Å². The van der Waals surface area contributed by atoms with Crippen LogP contribution in [0.2, 0.25) is 0 Å². The number of hydrogen-bond donors (Lipinski definition) is 3. The summed E-state index contributed by atoms with van der Waals surface area (Å²) < 4.78 is 1.56. The number of primary amides is 1. The smallest absolute Gasteiger partial charge is 0.269 e. The SMILES string of the molecule is CCn1ncc(NC(=S)NC2CCCC2)c1C(N)=O. The van der Waals surface area contributed by atoms with Crippen molar-refractivity contribution in [3.63, 3.8) is 0 Å². The van der Waals surface area contributed by atoms with E-state index in [2.05, 4.69) is 15.7 Å². The monoisotopic (exact) mass is 281 g/mol. The van der Waals surface area contributed by atoms with E-state index >= 15 is 0 Å². The van der Waals surface area contributed by atoms with Crippen LogP contribution in [0, 0.1) is 0 Å². The molecule has 19 heavy (non-hydrogen) atoms. The second-order valence-corrected chi connectivity index (χ2v) is 5.07. The molecule has 2 rings (SSSR count). The van der Waals surface area contributed by atoms with Gasteiger partial charge >= 0.3 is 0 Å². The summed E-state index contributed by atoms with van der Waals surface area (Å²) in [5, 5.41) is 10.9. The topological polar surface area (TPSA) is 85.0 Å². The van der Waals surface area contributed by atoms with Crippen molar-refractivity contribution in [1.29, 1.82) is 0 Å². The lowest BCUT2D eigenvalue weighted by atomic mass is 10.2. The van der Waals surface area contributed by atoms with Crippen molar-refractivity contribution in [2.45, 2.75) is 45.2 Å². The highest BCUT2D eigenvalue weighted by Gasteiger charge is 2.18. The van der Waals surface area contributed by atoms with Gasteiger partial charge in [0.1, 0.15) is 5.69 Å². The maximum Gasteiger partial charge on any atom is 0.269 e. The minimum atomic E-state index is -0.509. The first kappa shape index (κ1) is 13.8. The van der Waals surface area contributed by atoms with Crippen LogP contribution in [-0.2, 0) is 6.54 Å². The molecule has 4 N–H and O–H groups in total. The van der Waals surface area contributed by atoms with Crippen molar-refractivity contribution < 1.29 is 4.79 Å². The molecule has 1 aliphatic rings. The fraction of sp³-hybridized carbons (Fsp3) is 0.583. The molecule has 6 nitrogen and oxygen atoms in total. The molecule has 0 radical (unpaired) electrons. The van der Waals surface area contributed by atoms with Crippen LogP contribution in [0.4, 0.5) is 5.69 Å². The summed E-state index contributed by atoms with van der Waals surface area (Å²) in [5.74, 6) is -0.509. The summed E-state index contributed by atoms with van der Waals surface area (Å²) in [6, 6.07) is 0.429. The molecule has 1 amide bonds. The first-order valence-corrected chi connectivity index (χ1v) is 6.95. The Kier molecular flexibility index (Phi) is 4.36. The molecule has 0 saturated heterocycles. The van der Waals surface area contributed by atoms with Crippen LogP contribution < -0.4 is 16.4 Å². The molecule has 0 spiro atoms. The van der Waals surface area contributed by atoms with Gasteiger partial charge in [0.15, 0.2) is 5.11 Å². The van der Waals surface area contributed by atoms with Gasteiger partial charge in [0, 0.05) is 12.6 Å². The number of thiocarbonyl (C=S) groups is 1. The number of nitrogens with zero attached hydrogens (tertiary/aromatic N) is 2. The summed E-state index contributed by atoms with van der Waals surface area (Å²) in [6.07, 6.45) is 6.32. The molecule has 0 aromatic carbocycles. The van der Waals surface area contributed by atoms with E-state index in [-0.39, 0.29) is 0 Å². The van der Waals surface area contributed by atoms with Crippen LogP contribution in [0.3, 0.4) is 0 Å². The lowest BCUT2D eigenvalue weighted by Crippen LogP contribution is -2.36. The Labute approximate surface area is 117 Å². The van der Waals surface area contributed by atoms with Gasteiger partial charge in [0.05, 0.1) is 11.9 Å². The van der Waals surface area contributed by atoms with Gasteiger partial charge < -0.3 is 16.4 Å². The minimum absolute atomic E-state index is 0.359. The summed E-state index contributed by atoms with van der Waals surface area (Å²) in [6.45, 7) is 2.49. The van der Waals surface area contributed by atoms with Crippen molar-refractivity contribution in [2.75, 3.05) is 5.32 Å². The number of aromatic nitrogens is 2. The second kappa shape index (κ2) is 6.01. The maximum atomic E-state index is 11.4. The van der Waals surface area contributed by atoms with E-state index in [1.165, 1.54) is 12.8 Å². The maximum absolute atomic E-state index is 11.4. The molecule has 1 saturated carbocycles. The van der Waals surface area contributed by atoms with Crippen LogP contribution in [0.25, 0.3) is 0 Å². The molecule has 0 unspecified atom stereocenters. The Hall–Kier alpha value is -1.63. The summed E-state index contributed by atoms with van der Waals surface area (Å²) in [5.41, 5.74) is 6.29. The first-order chi connectivity index (χ1) is 9.11. The lowest BCUT2D eigenvalue weighted by molar-refractivity contribution is 0.0991. The van der Waals surface area contributed by atoms with Crippen molar-refractivity contribution in [2.24, 2.45) is 5.73 Å². The first-order valence-electron chi connectivity index (χ1n) is 6.55. The Morgan fingerprint density at radius 2 is 2.26 bits per heavy atom. The molecule has 104 valence electrons. The number of aryl methyl sites for hydroxylation is 1. The third-order valence-electron chi connectivity index (χ3n) is 3.31. The van der Waals surface area contributed by atoms with Crippen LogP contribution in [0.1, 0.15) is 43.1 Å². The average Bonchev–Trinajstić information content (AvgIpc) is 2.97. The Bertz CT molecular complexity index is 478. The average molecular weight is 281 g/mol. The van der Waals surface area contributed by atoms with Gasteiger partial charge in [-0.25, -0.2) is 0 Å². The number of anilines is 1. The summed E-state index contributed by atoms with van der Waals surface area (Å²) in [7, 11) is 0. The summed E-state index contributed by atoms with van der Waals surface area (Å²) in [4.78, 5) is 11.4. The molecule has 1 aromatic heterocycles. The third kappa shape index (κ3) is 3.23. The lowest BCUT2D eigenvalue weighted by Gasteiger charge is -2.15. The number of nitrogens with two attached hydrogens (primary N) is 1. The zero-order chi connectivity index (χ0) is 13.8. The fourth-order valence-electron chi connectivity index (χ4n) is 2.39. The van der Waals surface area contributed by atoms with E-state index in [4.69, 9.17) is 18.0 Å². The van der Waals surface area contributed by atoms with Crippen molar-refractivity contribution in [3.8, 4) is 0 Å². The van der Waals surface area contributed by atoms with Gasteiger partial charge in [-0.1, -0.05) is 12.8 Å². The highest BCUT2D eigenvalue weighted by atomic mass is 32.1. The highest BCUT2D eigenvalue weighted by Crippen LogP contribution is 2.18. The van der Waals surface area contributed by atoms with Gasteiger partial charge in [-0.05, 0) is 32.0 Å². The van der Waals surface area contributed by atoms with Gasteiger partial charge in [-0.2, -0.15) is 5.10 Å². The van der Waals surface area contributed by atoms with E-state index in [1.807, 2.05) is 6.92 Å². The van der Waals surface area contributed by atoms with Crippen LogP contribution >= 0.6 is 12.2 Å². The minimum Gasteiger partial charge on any atom is -0.364 e. The third-order valence-corrected chi connectivity index (χ3v) is 3.53. The van der Waals surface area contributed by atoms with Gasteiger partial charge in [-0.3, -0.25) is 9.48 Å². The molecular formula is C12H19N5OS. The molecule has 1 aliphatic carbocycles. The molecule has 1 heterocycles. The normalized spacial score (nSPS) is 15.4. The van der Waals surface area contributed by atoms with Crippen molar-refractivity contribution in [3.05, 3.63) is 11.9 Å². The largest absolute Gasteiger partial charge is 0.364 e. The zero-order valence-electron chi connectivity index (χ0n) is 11.0. The Morgan fingerprint density at radius 1 is 1.58 bits per heavy atom. The van der Waals surface area contributed by atoms with E-state index in [1.54, 1.807) is 10.9 Å². The van der Waals surface area contributed by atoms with E-state index in [0.29, 0.717) is 29.1 Å². The molecule has 1 aromatic rings. The van der Waals surface area contributed by atoms with Crippen LogP contribution in [0.5, 0.6) is 0 Å². The number of carbonyl (C=O) groups is 1. The van der Waals surface area contributed by atoms with E-state index < -0.39 is 5.91 Å². The van der Waals surface area contributed by atoms with Crippen molar-refractivity contribution >= 4 is 28.9 Å². The number of hydrogen-bond acceptors (Lipinski definition) is 3. The second-order valence-electron chi connectivity index (χ2n) is 4.67. The number of nitrogens with one attached hydrogen (secondary N) is 2. The van der Waals surface area contributed by atoms with E-state index in [0.717, 1.165) is 12.8 Å². The molecule has 0 atom stereocenters. The molecule has 1 fully saturated rings. The zero-order valence-corrected chi connectivity index (χ0v) is 11.8. The Balaban J connectivity index is 2.03. The van der Waals surface area contributed by atoms with Gasteiger partial charge in [-0.15, -0.1) is 0 Å². The predicted molar refractivity (Wildman–Crippen MR) is 78.0 cm³/mol. The predicted octanol–water partition coefficient (Wildman–Crippen LogP) is 1.23. The quantitative estimate of drug-likeness (QED) is 0.723. The Morgan fingerprint density at radius 3 is 2.84 bits per heavy atom. The van der Waals surface area contributed by atoms with Gasteiger partial charge in [0.25, 0.3) is 5.91 Å². The number of carbonyl (C=O) groups excluding carboxylic acids is 1. The molecule has 7 heteroatoms. The van der Waals surface area contributed by atoms with E-state index in [9.17, 15) is 4.79 Å². The highest BCUT2D eigenvalue weighted by molar-refractivity contribution is 7.80. The van der Waals surface area contributed by atoms with Gasteiger partial charge in [0.2, 0.25) is 0 Å². The summed E-state index contributed by atoms with van der Waals surface area (Å²) >= 11 is 5.25. The molecule has 0 aliphatic heterocycles. The molecule has 0 bridgehead atoms.